The average molecular weight is 402 g/mol. The third-order valence-electron chi connectivity index (χ3n) is 4.68. The van der Waals surface area contributed by atoms with E-state index in [4.69, 9.17) is 4.42 Å². The topological polar surface area (TPSA) is 80.9 Å². The van der Waals surface area contributed by atoms with Gasteiger partial charge in [-0.3, -0.25) is 14.8 Å². The van der Waals surface area contributed by atoms with Crippen LogP contribution in [0, 0.1) is 5.82 Å². The summed E-state index contributed by atoms with van der Waals surface area (Å²) in [6.45, 7) is 0.770. The predicted molar refractivity (Wildman–Crippen MR) is 96.6 cm³/mol. The lowest BCUT2D eigenvalue weighted by atomic mass is 9.96. The molecule has 9 heteroatoms. The van der Waals surface area contributed by atoms with E-state index in [1.165, 1.54) is 18.5 Å². The molecule has 29 heavy (non-hydrogen) atoms. The zero-order chi connectivity index (χ0) is 20.6. The first-order valence-electron chi connectivity index (χ1n) is 9.07. The van der Waals surface area contributed by atoms with Gasteiger partial charge in [0.25, 0.3) is 11.8 Å². The van der Waals surface area contributed by atoms with E-state index in [2.05, 4.69) is 20.3 Å². The summed E-state index contributed by atoms with van der Waals surface area (Å²) in [5, 5.41) is 2.82. The molecule has 3 heterocycles. The Balaban J connectivity index is 1.61. The molecule has 0 aromatic carbocycles. The minimum Gasteiger partial charge on any atom is -0.441 e. The van der Waals surface area contributed by atoms with Gasteiger partial charge >= 0.3 is 0 Å². The van der Waals surface area contributed by atoms with Gasteiger partial charge in [-0.2, -0.15) is 8.78 Å². The van der Waals surface area contributed by atoms with Crippen molar-refractivity contribution in [1.29, 1.82) is 0 Å². The Morgan fingerprint density at radius 2 is 2.14 bits per heavy atom. The Morgan fingerprint density at radius 1 is 1.31 bits per heavy atom. The van der Waals surface area contributed by atoms with E-state index in [0.29, 0.717) is 29.9 Å². The summed E-state index contributed by atoms with van der Waals surface area (Å²) in [5.74, 6) is -3.38. The van der Waals surface area contributed by atoms with Crippen LogP contribution in [0.4, 0.5) is 13.2 Å². The van der Waals surface area contributed by atoms with Crippen LogP contribution in [0.15, 0.2) is 41.2 Å². The first-order valence-corrected chi connectivity index (χ1v) is 9.07. The Hall–Kier alpha value is -3.23. The van der Waals surface area contributed by atoms with Crippen LogP contribution in [0.1, 0.15) is 53.3 Å². The number of rotatable bonds is 4. The first kappa shape index (κ1) is 19.1. The second kappa shape index (κ2) is 7.31. The van der Waals surface area contributed by atoms with Gasteiger partial charge in [-0.25, -0.2) is 9.37 Å². The van der Waals surface area contributed by atoms with Gasteiger partial charge in [-0.1, -0.05) is 0 Å². The van der Waals surface area contributed by atoms with Crippen LogP contribution >= 0.6 is 0 Å². The van der Waals surface area contributed by atoms with Gasteiger partial charge in [-0.15, -0.1) is 0 Å². The number of nitrogens with one attached hydrogen (secondary N) is 1. The lowest BCUT2D eigenvalue weighted by Crippen LogP contribution is -2.31. The van der Waals surface area contributed by atoms with Crippen LogP contribution in [0.5, 0.6) is 0 Å². The number of aromatic nitrogens is 3. The molecule has 3 aromatic rings. The molecule has 1 unspecified atom stereocenters. The van der Waals surface area contributed by atoms with Gasteiger partial charge < -0.3 is 9.73 Å². The van der Waals surface area contributed by atoms with E-state index >= 15 is 0 Å². The summed E-state index contributed by atoms with van der Waals surface area (Å²) in [6.07, 6.45) is 5.58. The maximum atomic E-state index is 13.6. The highest BCUT2D eigenvalue weighted by molar-refractivity contribution is 5.94. The van der Waals surface area contributed by atoms with Crippen molar-refractivity contribution in [3.05, 3.63) is 65.3 Å². The molecule has 0 saturated heterocycles. The van der Waals surface area contributed by atoms with Gasteiger partial charge in [0.15, 0.2) is 0 Å². The zero-order valence-corrected chi connectivity index (χ0v) is 15.5. The standard InChI is InChI=1S/C20H17F3N4O2/c1-20(22,23)16-8-11(5-6-25-16)19-27-17-14(3-2-4-15(17)29-19)26-18(28)12-7-13(21)10-24-9-12/h5-10,14H,2-4H2,1H3,(H,26,28). The highest BCUT2D eigenvalue weighted by atomic mass is 19.3. The molecular formula is C20H17F3N4O2. The van der Waals surface area contributed by atoms with Crippen LogP contribution < -0.4 is 5.32 Å². The van der Waals surface area contributed by atoms with Crippen molar-refractivity contribution in [2.24, 2.45) is 0 Å². The predicted octanol–water partition coefficient (Wildman–Crippen LogP) is 4.19. The monoisotopic (exact) mass is 402 g/mol. The molecule has 4 rings (SSSR count). The second-order valence-electron chi connectivity index (χ2n) is 6.96. The van der Waals surface area contributed by atoms with E-state index < -0.39 is 23.7 Å². The maximum absolute atomic E-state index is 13.6. The highest BCUT2D eigenvalue weighted by Crippen LogP contribution is 2.34. The van der Waals surface area contributed by atoms with Gasteiger partial charge in [0.05, 0.1) is 17.8 Å². The van der Waals surface area contributed by atoms with Crippen LogP contribution in [0.3, 0.4) is 0 Å². The fraction of sp³-hybridized carbons (Fsp3) is 0.300. The first-order chi connectivity index (χ1) is 13.8. The number of hydrogen-bond acceptors (Lipinski definition) is 5. The quantitative estimate of drug-likeness (QED) is 0.708. The number of aryl methyl sites for hydroxylation is 1. The number of fused-ring (bicyclic) bond motifs is 1. The average Bonchev–Trinajstić information content (AvgIpc) is 3.13. The molecule has 1 aliphatic rings. The van der Waals surface area contributed by atoms with Gasteiger partial charge in [0.1, 0.15) is 23.0 Å². The van der Waals surface area contributed by atoms with Crippen molar-refractivity contribution in [3.63, 3.8) is 0 Å². The Labute approximate surface area is 164 Å². The van der Waals surface area contributed by atoms with Gasteiger partial charge in [0.2, 0.25) is 5.89 Å². The number of carbonyl (C=O) groups excluding carboxylic acids is 1. The van der Waals surface area contributed by atoms with Crippen molar-refractivity contribution in [2.75, 3.05) is 0 Å². The largest absolute Gasteiger partial charge is 0.441 e. The fourth-order valence-electron chi connectivity index (χ4n) is 3.26. The van der Waals surface area contributed by atoms with E-state index in [9.17, 15) is 18.0 Å². The Bertz CT molecular complexity index is 1060. The van der Waals surface area contributed by atoms with E-state index in [0.717, 1.165) is 25.6 Å². The van der Waals surface area contributed by atoms with Crippen molar-refractivity contribution in [2.45, 2.75) is 38.2 Å². The molecule has 1 atom stereocenters. The molecule has 1 aliphatic carbocycles. The van der Waals surface area contributed by atoms with Gasteiger partial charge in [-0.05, 0) is 31.0 Å². The number of carbonyl (C=O) groups is 1. The minimum absolute atomic E-state index is 0.102. The lowest BCUT2D eigenvalue weighted by molar-refractivity contribution is 0.0128. The molecule has 0 aliphatic heterocycles. The second-order valence-corrected chi connectivity index (χ2v) is 6.96. The molecule has 0 spiro atoms. The summed E-state index contributed by atoms with van der Waals surface area (Å²) in [7, 11) is 0. The summed E-state index contributed by atoms with van der Waals surface area (Å²) in [6, 6.07) is 3.45. The van der Waals surface area contributed by atoms with Crippen molar-refractivity contribution >= 4 is 5.91 Å². The Kier molecular flexibility index (Phi) is 4.81. The van der Waals surface area contributed by atoms with E-state index in [-0.39, 0.29) is 17.1 Å². The summed E-state index contributed by atoms with van der Waals surface area (Å²) < 4.78 is 46.3. The fourth-order valence-corrected chi connectivity index (χ4v) is 3.26. The lowest BCUT2D eigenvalue weighted by Gasteiger charge is -2.21. The smallest absolute Gasteiger partial charge is 0.286 e. The van der Waals surface area contributed by atoms with E-state index in [1.807, 2.05) is 0 Å². The minimum atomic E-state index is -3.09. The highest BCUT2D eigenvalue weighted by Gasteiger charge is 2.30. The van der Waals surface area contributed by atoms with Crippen molar-refractivity contribution in [3.8, 4) is 11.5 Å². The summed E-state index contributed by atoms with van der Waals surface area (Å²) >= 11 is 0. The number of oxazole rings is 1. The molecule has 0 saturated carbocycles. The number of amides is 1. The zero-order valence-electron chi connectivity index (χ0n) is 15.5. The van der Waals surface area contributed by atoms with Crippen LogP contribution in [-0.4, -0.2) is 20.9 Å². The van der Waals surface area contributed by atoms with Crippen molar-refractivity contribution < 1.29 is 22.4 Å². The van der Waals surface area contributed by atoms with Crippen LogP contribution in [-0.2, 0) is 12.3 Å². The molecule has 1 amide bonds. The molecule has 0 radical (unpaired) electrons. The molecule has 150 valence electrons. The SMILES string of the molecule is CC(F)(F)c1cc(-c2nc3c(o2)CCCC3NC(=O)c2cncc(F)c2)ccn1. The maximum Gasteiger partial charge on any atom is 0.286 e. The summed E-state index contributed by atoms with van der Waals surface area (Å²) in [5.41, 5.74) is 0.648. The number of alkyl halides is 2. The number of halogens is 3. The van der Waals surface area contributed by atoms with E-state index in [1.54, 1.807) is 6.07 Å². The molecular weight excluding hydrogens is 385 g/mol. The van der Waals surface area contributed by atoms with Crippen LogP contribution in [0.2, 0.25) is 0 Å². The normalized spacial score (nSPS) is 16.3. The Morgan fingerprint density at radius 3 is 2.90 bits per heavy atom. The number of pyridine rings is 2. The molecule has 0 fully saturated rings. The molecule has 0 bridgehead atoms. The van der Waals surface area contributed by atoms with Crippen LogP contribution in [0.25, 0.3) is 11.5 Å². The number of hydrogen-bond donors (Lipinski definition) is 1. The third-order valence-corrected chi connectivity index (χ3v) is 4.68. The van der Waals surface area contributed by atoms with Gasteiger partial charge in [0, 0.05) is 31.3 Å². The molecule has 3 aromatic heterocycles. The summed E-state index contributed by atoms with van der Waals surface area (Å²) in [4.78, 5) is 24.3. The molecule has 1 N–H and O–H groups in total. The third kappa shape index (κ3) is 3.98. The van der Waals surface area contributed by atoms with Crippen molar-refractivity contribution in [1.82, 2.24) is 20.3 Å². The number of nitrogens with zero attached hydrogens (tertiary/aromatic N) is 3. The molecule has 6 nitrogen and oxygen atoms in total.